The zero-order valence-electron chi connectivity index (χ0n) is 11.6. The van der Waals surface area contributed by atoms with Gasteiger partial charge < -0.3 is 5.32 Å². The molecule has 3 aromatic rings. The van der Waals surface area contributed by atoms with Gasteiger partial charge in [-0.1, -0.05) is 30.3 Å². The fourth-order valence-electron chi connectivity index (χ4n) is 2.23. The molecule has 0 amide bonds. The molecular weight excluding hydrogens is 262 g/mol. The van der Waals surface area contributed by atoms with Crippen molar-refractivity contribution in [3.05, 3.63) is 78.6 Å². The molecule has 0 aliphatic rings. The van der Waals surface area contributed by atoms with Crippen molar-refractivity contribution in [3.63, 3.8) is 0 Å². The van der Waals surface area contributed by atoms with Crippen LogP contribution >= 0.6 is 0 Å². The van der Waals surface area contributed by atoms with Crippen LogP contribution in [0.3, 0.4) is 0 Å². The van der Waals surface area contributed by atoms with Crippen LogP contribution in [0.15, 0.2) is 67.5 Å². The Morgan fingerprint density at radius 2 is 1.81 bits per heavy atom. The summed E-state index contributed by atoms with van der Waals surface area (Å²) in [4.78, 5) is 8.04. The van der Waals surface area contributed by atoms with E-state index >= 15 is 0 Å². The van der Waals surface area contributed by atoms with Crippen LogP contribution in [-0.2, 0) is 13.1 Å². The first-order valence-electron chi connectivity index (χ1n) is 6.91. The minimum absolute atomic E-state index is 0.182. The Morgan fingerprint density at radius 1 is 1.00 bits per heavy atom. The second kappa shape index (κ2) is 6.76. The highest BCUT2D eigenvalue weighted by Crippen LogP contribution is 2.15. The number of nitrogens with one attached hydrogen (secondary N) is 1. The zero-order valence-corrected chi connectivity index (χ0v) is 11.6. The maximum Gasteiger partial charge on any atom is 0.137 e. The van der Waals surface area contributed by atoms with Gasteiger partial charge in [-0.05, 0) is 23.3 Å². The Balaban J connectivity index is 1.73. The van der Waals surface area contributed by atoms with Gasteiger partial charge in [-0.15, -0.1) is 0 Å². The molecule has 0 radical (unpaired) electrons. The second-order valence-electron chi connectivity index (χ2n) is 4.82. The number of hydrogen-bond donors (Lipinski definition) is 1. The van der Waals surface area contributed by atoms with Crippen molar-refractivity contribution in [3.8, 4) is 0 Å². The predicted molar refractivity (Wildman–Crippen MR) is 80.3 cm³/mol. The van der Waals surface area contributed by atoms with Crippen LogP contribution in [0.2, 0.25) is 0 Å². The molecule has 0 saturated carbocycles. The van der Waals surface area contributed by atoms with Gasteiger partial charge in [0.1, 0.15) is 12.7 Å². The summed E-state index contributed by atoms with van der Waals surface area (Å²) in [6.07, 6.45) is 6.92. The highest BCUT2D eigenvalue weighted by Gasteiger charge is 2.12. The summed E-state index contributed by atoms with van der Waals surface area (Å²) < 4.78 is 1.84. The highest BCUT2D eigenvalue weighted by atomic mass is 15.3. The molecule has 2 aromatic heterocycles. The van der Waals surface area contributed by atoms with E-state index in [4.69, 9.17) is 0 Å². The van der Waals surface area contributed by atoms with Crippen LogP contribution in [0.5, 0.6) is 0 Å². The maximum atomic E-state index is 4.19. The molecule has 0 fully saturated rings. The van der Waals surface area contributed by atoms with Crippen molar-refractivity contribution >= 4 is 0 Å². The van der Waals surface area contributed by atoms with E-state index in [2.05, 4.69) is 44.6 Å². The molecule has 0 spiro atoms. The van der Waals surface area contributed by atoms with Crippen LogP contribution in [-0.4, -0.2) is 19.7 Å². The van der Waals surface area contributed by atoms with Crippen LogP contribution in [0.4, 0.5) is 0 Å². The van der Waals surface area contributed by atoms with Gasteiger partial charge in [0, 0.05) is 18.9 Å². The Morgan fingerprint density at radius 3 is 2.52 bits per heavy atom. The molecule has 3 rings (SSSR count). The quantitative estimate of drug-likeness (QED) is 0.751. The second-order valence-corrected chi connectivity index (χ2v) is 4.82. The van der Waals surface area contributed by atoms with Crippen molar-refractivity contribution in [1.82, 2.24) is 25.1 Å². The van der Waals surface area contributed by atoms with Crippen LogP contribution in [0.25, 0.3) is 0 Å². The Labute approximate surface area is 123 Å². The molecule has 0 saturated heterocycles. The Hall–Kier alpha value is -2.53. The first kappa shape index (κ1) is 13.5. The van der Waals surface area contributed by atoms with Crippen molar-refractivity contribution < 1.29 is 0 Å². The van der Waals surface area contributed by atoms with Crippen LogP contribution < -0.4 is 5.32 Å². The molecule has 1 aromatic carbocycles. The van der Waals surface area contributed by atoms with Gasteiger partial charge >= 0.3 is 0 Å². The number of nitrogens with zero attached hydrogens (tertiary/aromatic N) is 4. The number of hydrogen-bond acceptors (Lipinski definition) is 4. The Kier molecular flexibility index (Phi) is 4.33. The smallest absolute Gasteiger partial charge is 0.137 e. The molecule has 5 nitrogen and oxygen atoms in total. The lowest BCUT2D eigenvalue weighted by Crippen LogP contribution is -2.25. The molecule has 1 N–H and O–H groups in total. The predicted octanol–water partition coefficient (Wildman–Crippen LogP) is 2.20. The van der Waals surface area contributed by atoms with Crippen molar-refractivity contribution in [2.45, 2.75) is 19.1 Å². The van der Waals surface area contributed by atoms with E-state index in [-0.39, 0.29) is 6.04 Å². The number of rotatable bonds is 6. The summed E-state index contributed by atoms with van der Waals surface area (Å²) in [7, 11) is 0. The number of aromatic nitrogens is 4. The van der Waals surface area contributed by atoms with E-state index in [0.29, 0.717) is 0 Å². The van der Waals surface area contributed by atoms with E-state index in [1.807, 2.05) is 35.3 Å². The van der Waals surface area contributed by atoms with Crippen molar-refractivity contribution in [2.75, 3.05) is 0 Å². The lowest BCUT2D eigenvalue weighted by Gasteiger charge is -2.19. The molecule has 0 aliphatic carbocycles. The normalized spacial score (nSPS) is 12.2. The van der Waals surface area contributed by atoms with Crippen LogP contribution in [0.1, 0.15) is 17.2 Å². The van der Waals surface area contributed by atoms with Crippen LogP contribution in [0, 0.1) is 0 Å². The van der Waals surface area contributed by atoms with Gasteiger partial charge in [0.15, 0.2) is 0 Å². The first-order valence-corrected chi connectivity index (χ1v) is 6.91. The Bertz CT molecular complexity index is 637. The molecular formula is C16H17N5. The van der Waals surface area contributed by atoms with E-state index < -0.39 is 0 Å². The maximum absolute atomic E-state index is 4.19. The molecule has 0 aliphatic heterocycles. The van der Waals surface area contributed by atoms with Gasteiger partial charge in [0.05, 0.1) is 12.6 Å². The summed E-state index contributed by atoms with van der Waals surface area (Å²) in [5.74, 6) is 0. The topological polar surface area (TPSA) is 55.6 Å². The minimum atomic E-state index is 0.182. The first-order chi connectivity index (χ1) is 10.4. The van der Waals surface area contributed by atoms with E-state index in [0.717, 1.165) is 13.1 Å². The van der Waals surface area contributed by atoms with Crippen molar-refractivity contribution in [1.29, 1.82) is 0 Å². The zero-order chi connectivity index (χ0) is 14.3. The third-order valence-corrected chi connectivity index (χ3v) is 3.34. The molecule has 21 heavy (non-hydrogen) atoms. The fraction of sp³-hybridized carbons (Fsp3) is 0.188. The molecule has 5 heteroatoms. The number of benzene rings is 1. The average molecular weight is 279 g/mol. The van der Waals surface area contributed by atoms with E-state index in [1.165, 1.54) is 11.1 Å². The fourth-order valence-corrected chi connectivity index (χ4v) is 2.23. The van der Waals surface area contributed by atoms with Gasteiger partial charge in [0.25, 0.3) is 0 Å². The summed E-state index contributed by atoms with van der Waals surface area (Å²) in [6.45, 7) is 1.53. The molecule has 1 atom stereocenters. The molecule has 2 heterocycles. The average Bonchev–Trinajstić information content (AvgIpc) is 3.06. The van der Waals surface area contributed by atoms with E-state index in [9.17, 15) is 0 Å². The van der Waals surface area contributed by atoms with Crippen molar-refractivity contribution in [2.24, 2.45) is 0 Å². The van der Waals surface area contributed by atoms with E-state index in [1.54, 1.807) is 12.7 Å². The van der Waals surface area contributed by atoms with Gasteiger partial charge in [0.2, 0.25) is 0 Å². The van der Waals surface area contributed by atoms with Gasteiger partial charge in [-0.2, -0.15) is 5.10 Å². The third-order valence-electron chi connectivity index (χ3n) is 3.34. The molecule has 0 bridgehead atoms. The number of pyridine rings is 1. The minimum Gasteiger partial charge on any atom is -0.304 e. The van der Waals surface area contributed by atoms with Gasteiger partial charge in [-0.25, -0.2) is 4.98 Å². The lowest BCUT2D eigenvalue weighted by atomic mass is 10.1. The third kappa shape index (κ3) is 3.73. The molecule has 1 unspecified atom stereocenters. The van der Waals surface area contributed by atoms with Gasteiger partial charge in [-0.3, -0.25) is 9.67 Å². The summed E-state index contributed by atoms with van der Waals surface area (Å²) >= 11 is 0. The summed E-state index contributed by atoms with van der Waals surface area (Å²) in [6, 6.07) is 14.6. The monoisotopic (exact) mass is 279 g/mol. The largest absolute Gasteiger partial charge is 0.304 e. The SMILES string of the molecule is c1ccc(C(Cn2cncn2)NCc2ccncc2)cc1. The summed E-state index contributed by atoms with van der Waals surface area (Å²) in [5, 5.41) is 7.77. The molecule has 106 valence electrons. The highest BCUT2D eigenvalue weighted by molar-refractivity contribution is 5.19. The summed E-state index contributed by atoms with van der Waals surface area (Å²) in [5.41, 5.74) is 2.45. The standard InChI is InChI=1S/C16H17N5/c1-2-4-15(5-3-1)16(11-21-13-18-12-20-21)19-10-14-6-8-17-9-7-14/h1-9,12-13,16,19H,10-11H2. The lowest BCUT2D eigenvalue weighted by molar-refractivity contribution is 0.436.